The van der Waals surface area contributed by atoms with Crippen LogP contribution >= 0.6 is 11.6 Å². The summed E-state index contributed by atoms with van der Waals surface area (Å²) in [6.45, 7) is 5.36. The van der Waals surface area contributed by atoms with Gasteiger partial charge >= 0.3 is 0 Å². The minimum Gasteiger partial charge on any atom is -0.383 e. The van der Waals surface area contributed by atoms with Crippen molar-refractivity contribution < 1.29 is 14.4 Å². The molecule has 0 aliphatic carbocycles. The van der Waals surface area contributed by atoms with Gasteiger partial charge in [0.25, 0.3) is 11.8 Å². The zero-order chi connectivity index (χ0) is 19.1. The second kappa shape index (κ2) is 9.01. The summed E-state index contributed by atoms with van der Waals surface area (Å²) in [6.07, 6.45) is 0.0879. The Morgan fingerprint density at radius 3 is 2.38 bits per heavy atom. The third-order valence-electron chi connectivity index (χ3n) is 3.62. The first-order valence-electron chi connectivity index (χ1n) is 8.00. The number of carbonyl (C=O) groups is 2. The summed E-state index contributed by atoms with van der Waals surface area (Å²) in [5.41, 5.74) is 3.11. The van der Waals surface area contributed by atoms with Gasteiger partial charge in [-0.15, -0.1) is 0 Å². The molecule has 6 nitrogen and oxygen atoms in total. The van der Waals surface area contributed by atoms with E-state index >= 15 is 0 Å². The molecule has 0 aromatic heterocycles. The van der Waals surface area contributed by atoms with Crippen LogP contribution in [0.4, 0.5) is 11.4 Å². The van der Waals surface area contributed by atoms with Crippen LogP contribution in [0.3, 0.4) is 0 Å². The van der Waals surface area contributed by atoms with Gasteiger partial charge in [-0.3, -0.25) is 9.59 Å². The molecule has 1 unspecified atom stereocenters. The number of benzene rings is 2. The summed E-state index contributed by atoms with van der Waals surface area (Å²) in [7, 11) is 0. The quantitative estimate of drug-likeness (QED) is 0.594. The van der Waals surface area contributed by atoms with Crippen LogP contribution in [0, 0.1) is 13.8 Å². The fourth-order valence-corrected chi connectivity index (χ4v) is 2.36. The fourth-order valence-electron chi connectivity index (χ4n) is 2.18. The molecule has 1 atom stereocenters. The van der Waals surface area contributed by atoms with E-state index in [1.54, 1.807) is 31.2 Å². The van der Waals surface area contributed by atoms with Gasteiger partial charge in [0.15, 0.2) is 0 Å². The van der Waals surface area contributed by atoms with E-state index in [0.717, 1.165) is 23.0 Å². The van der Waals surface area contributed by atoms with Crippen LogP contribution in [-0.4, -0.2) is 24.1 Å². The van der Waals surface area contributed by atoms with E-state index in [9.17, 15) is 9.59 Å². The number of carbonyl (C=O) groups excluding carboxylic acids is 2. The van der Waals surface area contributed by atoms with Crippen LogP contribution in [0.5, 0.6) is 0 Å². The maximum atomic E-state index is 12.2. The Morgan fingerprint density at radius 2 is 1.73 bits per heavy atom. The van der Waals surface area contributed by atoms with Crippen LogP contribution < -0.4 is 10.6 Å². The maximum absolute atomic E-state index is 12.2. The molecule has 7 heteroatoms. The van der Waals surface area contributed by atoms with Gasteiger partial charge in [-0.05, 0) is 44.0 Å². The van der Waals surface area contributed by atoms with Crippen molar-refractivity contribution in [2.24, 2.45) is 5.16 Å². The zero-order valence-corrected chi connectivity index (χ0v) is 15.5. The van der Waals surface area contributed by atoms with Crippen molar-refractivity contribution in [3.05, 3.63) is 58.6 Å². The molecule has 2 rings (SSSR count). The van der Waals surface area contributed by atoms with E-state index < -0.39 is 12.0 Å². The van der Waals surface area contributed by atoms with Crippen molar-refractivity contribution in [2.75, 3.05) is 10.6 Å². The van der Waals surface area contributed by atoms with E-state index in [0.29, 0.717) is 10.7 Å². The number of hydrogen-bond acceptors (Lipinski definition) is 4. The Balaban J connectivity index is 1.88. The third kappa shape index (κ3) is 5.32. The van der Waals surface area contributed by atoms with Gasteiger partial charge in [-0.2, -0.15) is 0 Å². The molecular formula is C19H20ClN3O3. The average Bonchev–Trinajstić information content (AvgIpc) is 2.60. The summed E-state index contributed by atoms with van der Waals surface area (Å²) < 4.78 is 0. The molecule has 0 fully saturated rings. The number of amides is 2. The molecule has 0 heterocycles. The van der Waals surface area contributed by atoms with Crippen LogP contribution in [0.25, 0.3) is 0 Å². The molecule has 136 valence electrons. The first-order valence-corrected chi connectivity index (χ1v) is 8.38. The topological polar surface area (TPSA) is 79.8 Å². The second-order valence-electron chi connectivity index (χ2n) is 5.71. The molecule has 26 heavy (non-hydrogen) atoms. The smallest absolute Gasteiger partial charge is 0.270 e. The lowest BCUT2D eigenvalue weighted by Crippen LogP contribution is -2.27. The number of rotatable bonds is 6. The molecule has 0 bridgehead atoms. The van der Waals surface area contributed by atoms with Crippen molar-refractivity contribution >= 4 is 41.0 Å². The highest BCUT2D eigenvalue weighted by Gasteiger charge is 2.16. The number of nitrogens with zero attached hydrogens (tertiary/aromatic N) is 1. The van der Waals surface area contributed by atoms with Gasteiger partial charge in [-0.1, -0.05) is 47.1 Å². The molecule has 0 saturated heterocycles. The normalized spacial score (nSPS) is 11.8. The molecule has 2 aromatic carbocycles. The Hall–Kier alpha value is -2.86. The zero-order valence-electron chi connectivity index (χ0n) is 14.7. The fraction of sp³-hybridized carbons (Fsp3) is 0.211. The summed E-state index contributed by atoms with van der Waals surface area (Å²) >= 11 is 5.95. The van der Waals surface area contributed by atoms with Crippen molar-refractivity contribution in [2.45, 2.75) is 26.9 Å². The number of hydrogen-bond donors (Lipinski definition) is 2. The molecular weight excluding hydrogens is 354 g/mol. The SMILES string of the molecule is Cc1cccc(C)c1NC(=O)C(C)O/N=C/C(=O)Nc1ccccc1Cl. The van der Waals surface area contributed by atoms with Crippen molar-refractivity contribution in [3.8, 4) is 0 Å². The third-order valence-corrected chi connectivity index (χ3v) is 3.95. The van der Waals surface area contributed by atoms with Crippen molar-refractivity contribution in [3.63, 3.8) is 0 Å². The Kier molecular flexibility index (Phi) is 6.74. The van der Waals surface area contributed by atoms with E-state index in [-0.39, 0.29) is 5.91 Å². The van der Waals surface area contributed by atoms with Crippen LogP contribution in [0.15, 0.2) is 47.6 Å². The molecule has 0 aliphatic rings. The number of anilines is 2. The van der Waals surface area contributed by atoms with Gasteiger partial charge in [-0.25, -0.2) is 0 Å². The molecule has 0 radical (unpaired) electrons. The lowest BCUT2D eigenvalue weighted by Gasteiger charge is -2.14. The number of aryl methyl sites for hydroxylation is 2. The highest BCUT2D eigenvalue weighted by molar-refractivity contribution is 6.36. The highest BCUT2D eigenvalue weighted by atomic mass is 35.5. The lowest BCUT2D eigenvalue weighted by molar-refractivity contribution is -0.126. The van der Waals surface area contributed by atoms with Gasteiger partial charge in [0, 0.05) is 5.69 Å². The summed E-state index contributed by atoms with van der Waals surface area (Å²) in [5, 5.41) is 9.35. The largest absolute Gasteiger partial charge is 0.383 e. The maximum Gasteiger partial charge on any atom is 0.270 e. The summed E-state index contributed by atoms with van der Waals surface area (Å²) in [5.74, 6) is -0.869. The minimum atomic E-state index is -0.863. The molecule has 2 N–H and O–H groups in total. The molecule has 0 spiro atoms. The predicted molar refractivity (Wildman–Crippen MR) is 104 cm³/mol. The second-order valence-corrected chi connectivity index (χ2v) is 6.11. The van der Waals surface area contributed by atoms with Crippen molar-refractivity contribution in [1.29, 1.82) is 0 Å². The number of oxime groups is 1. The van der Waals surface area contributed by atoms with E-state index in [4.69, 9.17) is 16.4 Å². The van der Waals surface area contributed by atoms with E-state index in [1.165, 1.54) is 0 Å². The minimum absolute atomic E-state index is 0.355. The summed E-state index contributed by atoms with van der Waals surface area (Å²) in [6, 6.07) is 12.6. The van der Waals surface area contributed by atoms with E-state index in [2.05, 4.69) is 15.8 Å². The predicted octanol–water partition coefficient (Wildman–Crippen LogP) is 3.92. The van der Waals surface area contributed by atoms with Crippen LogP contribution in [0.1, 0.15) is 18.1 Å². The Morgan fingerprint density at radius 1 is 1.08 bits per heavy atom. The van der Waals surface area contributed by atoms with Gasteiger partial charge < -0.3 is 15.5 Å². The molecule has 2 amide bonds. The monoisotopic (exact) mass is 373 g/mol. The van der Waals surface area contributed by atoms with Crippen molar-refractivity contribution in [1.82, 2.24) is 0 Å². The van der Waals surface area contributed by atoms with E-state index in [1.807, 2.05) is 32.0 Å². The number of nitrogens with one attached hydrogen (secondary N) is 2. The Labute approximate surface area is 157 Å². The average molecular weight is 374 g/mol. The highest BCUT2D eigenvalue weighted by Crippen LogP contribution is 2.20. The Bertz CT molecular complexity index is 816. The molecule has 2 aromatic rings. The van der Waals surface area contributed by atoms with Gasteiger partial charge in [0.1, 0.15) is 6.21 Å². The standard InChI is InChI=1S/C19H20ClN3O3/c1-12-7-6-8-13(2)18(12)23-19(25)14(3)26-21-11-17(24)22-16-10-5-4-9-15(16)20/h4-11,14H,1-3H3,(H,22,24)(H,23,25)/b21-11+. The summed E-state index contributed by atoms with van der Waals surface area (Å²) in [4.78, 5) is 29.1. The van der Waals surface area contributed by atoms with Gasteiger partial charge in [0.05, 0.1) is 10.7 Å². The molecule has 0 aliphatic heterocycles. The van der Waals surface area contributed by atoms with Crippen LogP contribution in [0.2, 0.25) is 5.02 Å². The first-order chi connectivity index (χ1) is 12.4. The molecule has 0 saturated carbocycles. The number of halogens is 1. The number of para-hydroxylation sites is 2. The first kappa shape index (κ1) is 19.5. The lowest BCUT2D eigenvalue weighted by atomic mass is 10.1. The van der Waals surface area contributed by atoms with Crippen LogP contribution in [-0.2, 0) is 14.4 Å². The van der Waals surface area contributed by atoms with Gasteiger partial charge in [0.2, 0.25) is 6.10 Å².